The molecule has 9 heteroatoms. The maximum Gasteiger partial charge on any atom is 0.262 e. The maximum atomic E-state index is 12.9. The molecule has 31 heavy (non-hydrogen) atoms. The summed E-state index contributed by atoms with van der Waals surface area (Å²) in [5.74, 6) is -0.558. The van der Waals surface area contributed by atoms with E-state index in [-0.39, 0.29) is 37.8 Å². The molecule has 1 fully saturated rings. The van der Waals surface area contributed by atoms with Crippen molar-refractivity contribution in [3.05, 3.63) is 53.6 Å². The lowest BCUT2D eigenvalue weighted by atomic mass is 10.0. The number of imide groups is 1. The smallest absolute Gasteiger partial charge is 0.262 e. The summed E-state index contributed by atoms with van der Waals surface area (Å²) in [5.41, 5.74) is 1.53. The van der Waals surface area contributed by atoms with Gasteiger partial charge in [0.1, 0.15) is 6.04 Å². The molecule has 9 nitrogen and oxygen atoms in total. The van der Waals surface area contributed by atoms with Crippen molar-refractivity contribution in [1.29, 1.82) is 0 Å². The summed E-state index contributed by atoms with van der Waals surface area (Å²) in [7, 11) is 1.51. The van der Waals surface area contributed by atoms with Crippen molar-refractivity contribution in [3.8, 4) is 11.5 Å². The Bertz CT molecular complexity index is 1070. The number of nitrogens with one attached hydrogen (secondary N) is 2. The highest BCUT2D eigenvalue weighted by molar-refractivity contribution is 6.06. The van der Waals surface area contributed by atoms with E-state index in [1.165, 1.54) is 12.0 Å². The number of piperidine rings is 1. The van der Waals surface area contributed by atoms with E-state index in [0.29, 0.717) is 28.3 Å². The molecule has 0 aliphatic carbocycles. The van der Waals surface area contributed by atoms with Crippen LogP contribution in [0, 0.1) is 0 Å². The van der Waals surface area contributed by atoms with Crippen molar-refractivity contribution >= 4 is 29.3 Å². The fourth-order valence-electron chi connectivity index (χ4n) is 3.77. The molecule has 160 valence electrons. The fraction of sp³-hybridized carbons (Fsp3) is 0.273. The zero-order valence-electron chi connectivity index (χ0n) is 16.8. The number of fused-ring (bicyclic) bond motifs is 1. The highest BCUT2D eigenvalue weighted by atomic mass is 16.5. The molecule has 0 bridgehead atoms. The van der Waals surface area contributed by atoms with Crippen molar-refractivity contribution in [2.24, 2.45) is 0 Å². The van der Waals surface area contributed by atoms with Gasteiger partial charge in [0.05, 0.1) is 7.11 Å². The molecule has 4 amide bonds. The van der Waals surface area contributed by atoms with Crippen LogP contribution in [0.3, 0.4) is 0 Å². The van der Waals surface area contributed by atoms with Crippen LogP contribution >= 0.6 is 0 Å². The first kappa shape index (κ1) is 20.4. The molecular formula is C22H21N3O6. The predicted molar refractivity (Wildman–Crippen MR) is 110 cm³/mol. The molecule has 2 aromatic carbocycles. The minimum atomic E-state index is -0.713. The minimum Gasteiger partial charge on any atom is -0.493 e. The number of hydrogen-bond acceptors (Lipinski definition) is 6. The largest absolute Gasteiger partial charge is 0.493 e. The molecule has 2 heterocycles. The van der Waals surface area contributed by atoms with Gasteiger partial charge >= 0.3 is 0 Å². The van der Waals surface area contributed by atoms with Gasteiger partial charge in [0.2, 0.25) is 11.8 Å². The van der Waals surface area contributed by atoms with Crippen LogP contribution in [0.25, 0.3) is 0 Å². The number of methoxy groups -OCH3 is 1. The molecule has 2 N–H and O–H groups in total. The van der Waals surface area contributed by atoms with E-state index in [1.54, 1.807) is 42.5 Å². The zero-order valence-corrected chi connectivity index (χ0v) is 16.8. The molecule has 2 aliphatic rings. The first-order valence-electron chi connectivity index (χ1n) is 9.80. The number of anilines is 1. The van der Waals surface area contributed by atoms with E-state index in [9.17, 15) is 19.2 Å². The number of carbonyl (C=O) groups excluding carboxylic acids is 4. The number of nitrogens with zero attached hydrogens (tertiary/aromatic N) is 1. The average Bonchev–Trinajstić information content (AvgIpc) is 3.10. The maximum absolute atomic E-state index is 12.9. The van der Waals surface area contributed by atoms with E-state index in [2.05, 4.69) is 10.6 Å². The van der Waals surface area contributed by atoms with Crippen LogP contribution in [0.2, 0.25) is 0 Å². The van der Waals surface area contributed by atoms with Crippen LogP contribution in [-0.2, 0) is 20.9 Å². The van der Waals surface area contributed by atoms with Crippen molar-refractivity contribution in [3.63, 3.8) is 0 Å². The Hall–Kier alpha value is -3.88. The number of benzene rings is 2. The van der Waals surface area contributed by atoms with E-state index in [4.69, 9.17) is 9.47 Å². The Labute approximate surface area is 178 Å². The van der Waals surface area contributed by atoms with Gasteiger partial charge < -0.3 is 19.7 Å². The summed E-state index contributed by atoms with van der Waals surface area (Å²) in [6, 6.07) is 11.3. The summed E-state index contributed by atoms with van der Waals surface area (Å²) in [6.45, 7) is -0.0703. The van der Waals surface area contributed by atoms with E-state index >= 15 is 0 Å². The van der Waals surface area contributed by atoms with Crippen molar-refractivity contribution < 1.29 is 28.7 Å². The summed E-state index contributed by atoms with van der Waals surface area (Å²) in [5, 5.41) is 5.05. The lowest BCUT2D eigenvalue weighted by Crippen LogP contribution is -2.52. The van der Waals surface area contributed by atoms with Crippen LogP contribution < -0.4 is 20.1 Å². The number of carbonyl (C=O) groups is 4. The Balaban J connectivity index is 1.45. The highest BCUT2D eigenvalue weighted by Gasteiger charge is 2.39. The van der Waals surface area contributed by atoms with Gasteiger partial charge in [0.15, 0.2) is 18.1 Å². The Morgan fingerprint density at radius 2 is 1.90 bits per heavy atom. The van der Waals surface area contributed by atoms with Crippen molar-refractivity contribution in [2.45, 2.75) is 25.4 Å². The van der Waals surface area contributed by atoms with Crippen LogP contribution in [0.4, 0.5) is 5.69 Å². The second-order valence-corrected chi connectivity index (χ2v) is 7.22. The number of rotatable bonds is 6. The Kier molecular flexibility index (Phi) is 5.57. The minimum absolute atomic E-state index is 0.171. The lowest BCUT2D eigenvalue weighted by Gasteiger charge is -2.29. The fourth-order valence-corrected chi connectivity index (χ4v) is 3.77. The first-order chi connectivity index (χ1) is 15.0. The van der Waals surface area contributed by atoms with E-state index in [1.807, 2.05) is 0 Å². The number of hydrogen-bond donors (Lipinski definition) is 2. The second-order valence-electron chi connectivity index (χ2n) is 7.22. The van der Waals surface area contributed by atoms with Gasteiger partial charge in [-0.1, -0.05) is 18.2 Å². The van der Waals surface area contributed by atoms with Crippen molar-refractivity contribution in [1.82, 2.24) is 10.2 Å². The van der Waals surface area contributed by atoms with Gasteiger partial charge in [-0.25, -0.2) is 0 Å². The summed E-state index contributed by atoms with van der Waals surface area (Å²) >= 11 is 0. The summed E-state index contributed by atoms with van der Waals surface area (Å²) in [4.78, 5) is 50.4. The van der Waals surface area contributed by atoms with Gasteiger partial charge in [-0.3, -0.25) is 24.5 Å². The lowest BCUT2D eigenvalue weighted by molar-refractivity contribution is -0.137. The number of para-hydroxylation sites is 2. The molecule has 1 saturated heterocycles. The third-order valence-electron chi connectivity index (χ3n) is 5.28. The standard InChI is InChI=1S/C22H21N3O6/c1-30-17-7-2-3-8-18(17)31-12-20(27)23-15-6-4-5-13-14(15)11-25(22(13)29)16-9-10-19(26)24-21(16)28/h2-8,16H,9-12H2,1H3,(H,23,27)(H,24,26,28). The molecule has 1 unspecified atom stereocenters. The molecule has 1 atom stereocenters. The molecule has 2 aromatic rings. The third-order valence-corrected chi connectivity index (χ3v) is 5.28. The van der Waals surface area contributed by atoms with Gasteiger partial charge in [-0.15, -0.1) is 0 Å². The average molecular weight is 423 g/mol. The summed E-state index contributed by atoms with van der Waals surface area (Å²) < 4.78 is 10.7. The Morgan fingerprint density at radius 1 is 1.13 bits per heavy atom. The zero-order chi connectivity index (χ0) is 22.0. The molecule has 0 radical (unpaired) electrons. The normalized spacial score (nSPS) is 17.8. The second kappa shape index (κ2) is 8.47. The molecule has 0 spiro atoms. The molecule has 0 aromatic heterocycles. The van der Waals surface area contributed by atoms with E-state index in [0.717, 1.165) is 0 Å². The molecule has 2 aliphatic heterocycles. The first-order valence-corrected chi connectivity index (χ1v) is 9.80. The van der Waals surface area contributed by atoms with Gasteiger partial charge in [0, 0.05) is 29.8 Å². The number of ether oxygens (including phenoxy) is 2. The topological polar surface area (TPSA) is 114 Å². The number of amides is 4. The van der Waals surface area contributed by atoms with Crippen LogP contribution in [0.1, 0.15) is 28.8 Å². The predicted octanol–water partition coefficient (Wildman–Crippen LogP) is 1.47. The Morgan fingerprint density at radius 3 is 2.65 bits per heavy atom. The van der Waals surface area contributed by atoms with Crippen LogP contribution in [-0.4, -0.2) is 48.3 Å². The third kappa shape index (κ3) is 4.07. The van der Waals surface area contributed by atoms with Crippen LogP contribution in [0.5, 0.6) is 11.5 Å². The van der Waals surface area contributed by atoms with Gasteiger partial charge in [0.25, 0.3) is 11.8 Å². The van der Waals surface area contributed by atoms with Crippen molar-refractivity contribution in [2.75, 3.05) is 19.0 Å². The molecule has 4 rings (SSSR count). The van der Waals surface area contributed by atoms with E-state index < -0.39 is 17.9 Å². The molecular weight excluding hydrogens is 402 g/mol. The van der Waals surface area contributed by atoms with Crippen LogP contribution in [0.15, 0.2) is 42.5 Å². The highest BCUT2D eigenvalue weighted by Crippen LogP contribution is 2.32. The molecule has 0 saturated carbocycles. The summed E-state index contributed by atoms with van der Waals surface area (Å²) in [6.07, 6.45) is 0.458. The quantitative estimate of drug-likeness (QED) is 0.681. The van der Waals surface area contributed by atoms with Gasteiger partial charge in [-0.05, 0) is 30.7 Å². The monoisotopic (exact) mass is 423 g/mol. The van der Waals surface area contributed by atoms with Gasteiger partial charge in [-0.2, -0.15) is 0 Å². The SMILES string of the molecule is COc1ccccc1OCC(=O)Nc1cccc2c1CN(C1CCC(=O)NC1=O)C2=O.